The Morgan fingerprint density at radius 1 is 1.13 bits per heavy atom. The summed E-state index contributed by atoms with van der Waals surface area (Å²) < 4.78 is 6.40. The van der Waals surface area contributed by atoms with E-state index >= 15 is 0 Å². The third-order valence-electron chi connectivity index (χ3n) is 4.32. The van der Waals surface area contributed by atoms with Crippen molar-refractivity contribution in [1.29, 1.82) is 0 Å². The normalized spacial score (nSPS) is 11.7. The van der Waals surface area contributed by atoms with Crippen molar-refractivity contribution >= 4 is 62.5 Å². The number of hydrogen-bond donors (Lipinski definition) is 1. The van der Waals surface area contributed by atoms with Crippen LogP contribution in [-0.4, -0.2) is 35.9 Å². The molecule has 2 aromatic carbocycles. The average molecular weight is 537 g/mol. The molecule has 1 atom stereocenters. The molecule has 0 bridgehead atoms. The molecule has 162 valence electrons. The lowest BCUT2D eigenvalue weighted by Gasteiger charge is -2.29. The molecule has 5 nitrogen and oxygen atoms in total. The first-order valence-electron chi connectivity index (χ1n) is 9.31. The Balaban J connectivity index is 2.19. The van der Waals surface area contributed by atoms with Crippen LogP contribution in [0.4, 0.5) is 0 Å². The molecule has 0 aliphatic heterocycles. The van der Waals surface area contributed by atoms with E-state index in [2.05, 4.69) is 21.2 Å². The molecule has 1 unspecified atom stereocenters. The SMILES string of the molecule is CCCNC(=O)C(C)N(Cc1ccc(Cl)cc1Cl)C(=O)COc1ccc(Br)cc1Cl. The van der Waals surface area contributed by atoms with E-state index in [1.165, 1.54) is 4.90 Å². The van der Waals surface area contributed by atoms with Gasteiger partial charge in [-0.05, 0) is 49.2 Å². The number of halogens is 4. The molecule has 2 rings (SSSR count). The van der Waals surface area contributed by atoms with Gasteiger partial charge in [0.05, 0.1) is 5.02 Å². The number of carbonyl (C=O) groups excluding carboxylic acids is 2. The van der Waals surface area contributed by atoms with Crippen LogP contribution in [0.5, 0.6) is 5.75 Å². The number of ether oxygens (including phenoxy) is 1. The predicted molar refractivity (Wildman–Crippen MR) is 124 cm³/mol. The Hall–Kier alpha value is -1.47. The van der Waals surface area contributed by atoms with Crippen LogP contribution in [0.2, 0.25) is 15.1 Å². The Morgan fingerprint density at radius 3 is 2.50 bits per heavy atom. The molecular formula is C21H22BrCl3N2O3. The molecule has 0 fully saturated rings. The van der Waals surface area contributed by atoms with Crippen molar-refractivity contribution in [2.75, 3.05) is 13.2 Å². The molecule has 0 aliphatic rings. The van der Waals surface area contributed by atoms with Gasteiger partial charge in [-0.15, -0.1) is 0 Å². The van der Waals surface area contributed by atoms with Crippen LogP contribution in [0.25, 0.3) is 0 Å². The van der Waals surface area contributed by atoms with Crippen molar-refractivity contribution < 1.29 is 14.3 Å². The summed E-state index contributed by atoms with van der Waals surface area (Å²) in [4.78, 5) is 26.9. The zero-order valence-corrected chi connectivity index (χ0v) is 20.4. The molecule has 2 amide bonds. The largest absolute Gasteiger partial charge is 0.482 e. The van der Waals surface area contributed by atoms with E-state index in [0.717, 1.165) is 10.9 Å². The Kier molecular flexibility index (Phi) is 9.75. The highest BCUT2D eigenvalue weighted by Gasteiger charge is 2.27. The summed E-state index contributed by atoms with van der Waals surface area (Å²) in [5, 5.41) is 4.09. The summed E-state index contributed by atoms with van der Waals surface area (Å²) in [5.74, 6) is -0.253. The van der Waals surface area contributed by atoms with Crippen LogP contribution in [0.15, 0.2) is 40.9 Å². The number of amides is 2. The summed E-state index contributed by atoms with van der Waals surface area (Å²) in [5.41, 5.74) is 0.672. The summed E-state index contributed by atoms with van der Waals surface area (Å²) in [6.45, 7) is 4.00. The third-order valence-corrected chi connectivity index (χ3v) is 5.69. The van der Waals surface area contributed by atoms with Gasteiger partial charge in [0, 0.05) is 27.6 Å². The van der Waals surface area contributed by atoms with Gasteiger partial charge in [0.2, 0.25) is 5.91 Å². The Morgan fingerprint density at radius 2 is 1.87 bits per heavy atom. The Bertz CT molecular complexity index is 911. The minimum atomic E-state index is -0.722. The van der Waals surface area contributed by atoms with Gasteiger partial charge >= 0.3 is 0 Å². The number of nitrogens with zero attached hydrogens (tertiary/aromatic N) is 1. The maximum Gasteiger partial charge on any atom is 0.261 e. The third kappa shape index (κ3) is 7.05. The maximum atomic E-state index is 13.0. The summed E-state index contributed by atoms with van der Waals surface area (Å²) >= 11 is 21.7. The number of rotatable bonds is 9. The number of carbonyl (C=O) groups is 2. The second kappa shape index (κ2) is 11.8. The van der Waals surface area contributed by atoms with Crippen molar-refractivity contribution in [1.82, 2.24) is 10.2 Å². The van der Waals surface area contributed by atoms with Crippen molar-refractivity contribution in [3.8, 4) is 5.75 Å². The highest BCUT2D eigenvalue weighted by Crippen LogP contribution is 2.28. The number of nitrogens with one attached hydrogen (secondary N) is 1. The van der Waals surface area contributed by atoms with Crippen LogP contribution >= 0.6 is 50.7 Å². The summed E-state index contributed by atoms with van der Waals surface area (Å²) in [6, 6.07) is 9.39. The highest BCUT2D eigenvalue weighted by molar-refractivity contribution is 9.10. The molecule has 0 spiro atoms. The van der Waals surface area contributed by atoms with Gasteiger partial charge in [-0.25, -0.2) is 0 Å². The average Bonchev–Trinajstić information content (AvgIpc) is 2.70. The summed E-state index contributed by atoms with van der Waals surface area (Å²) in [7, 11) is 0. The van der Waals surface area contributed by atoms with Crippen molar-refractivity contribution in [2.24, 2.45) is 0 Å². The molecule has 0 saturated carbocycles. The second-order valence-electron chi connectivity index (χ2n) is 6.59. The first-order valence-corrected chi connectivity index (χ1v) is 11.2. The Labute approximate surface area is 199 Å². The minimum absolute atomic E-state index is 0.132. The van der Waals surface area contributed by atoms with E-state index in [4.69, 9.17) is 39.5 Å². The molecule has 9 heteroatoms. The quantitative estimate of drug-likeness (QED) is 0.445. The zero-order chi connectivity index (χ0) is 22.3. The van der Waals surface area contributed by atoms with Crippen LogP contribution < -0.4 is 10.1 Å². The fraction of sp³-hybridized carbons (Fsp3) is 0.333. The zero-order valence-electron chi connectivity index (χ0n) is 16.6. The van der Waals surface area contributed by atoms with E-state index in [9.17, 15) is 9.59 Å². The van der Waals surface area contributed by atoms with Gasteiger partial charge in [0.1, 0.15) is 11.8 Å². The maximum absolute atomic E-state index is 13.0. The fourth-order valence-corrected chi connectivity index (χ4v) is 3.82. The van der Waals surface area contributed by atoms with Crippen molar-refractivity contribution in [3.63, 3.8) is 0 Å². The van der Waals surface area contributed by atoms with Gasteiger partial charge in [-0.3, -0.25) is 9.59 Å². The van der Waals surface area contributed by atoms with Crippen LogP contribution in [-0.2, 0) is 16.1 Å². The minimum Gasteiger partial charge on any atom is -0.482 e. The smallest absolute Gasteiger partial charge is 0.261 e. The van der Waals surface area contributed by atoms with E-state index in [-0.39, 0.29) is 25.0 Å². The van der Waals surface area contributed by atoms with E-state index in [1.807, 2.05) is 6.92 Å². The lowest BCUT2D eigenvalue weighted by Crippen LogP contribution is -2.49. The molecule has 0 aromatic heterocycles. The van der Waals surface area contributed by atoms with E-state index < -0.39 is 6.04 Å². The fourth-order valence-electron chi connectivity index (χ4n) is 2.63. The van der Waals surface area contributed by atoms with E-state index in [0.29, 0.717) is 32.9 Å². The van der Waals surface area contributed by atoms with Gasteiger partial charge in [0.15, 0.2) is 6.61 Å². The van der Waals surface area contributed by atoms with Crippen LogP contribution in [0.3, 0.4) is 0 Å². The van der Waals surface area contributed by atoms with Crippen molar-refractivity contribution in [3.05, 3.63) is 61.5 Å². The number of benzene rings is 2. The van der Waals surface area contributed by atoms with Gasteiger partial charge in [0.25, 0.3) is 5.91 Å². The number of hydrogen-bond acceptors (Lipinski definition) is 3. The van der Waals surface area contributed by atoms with Gasteiger partial charge < -0.3 is 15.0 Å². The highest BCUT2D eigenvalue weighted by atomic mass is 79.9. The van der Waals surface area contributed by atoms with Gasteiger partial charge in [-0.1, -0.05) is 63.7 Å². The predicted octanol–water partition coefficient (Wildman–Crippen LogP) is 5.73. The second-order valence-corrected chi connectivity index (χ2v) is 8.75. The first kappa shape index (κ1) is 24.8. The summed E-state index contributed by atoms with van der Waals surface area (Å²) in [6.07, 6.45) is 0.792. The molecule has 0 saturated heterocycles. The van der Waals surface area contributed by atoms with Crippen LogP contribution in [0.1, 0.15) is 25.8 Å². The molecule has 1 N–H and O–H groups in total. The van der Waals surface area contributed by atoms with Gasteiger partial charge in [-0.2, -0.15) is 0 Å². The lowest BCUT2D eigenvalue weighted by atomic mass is 10.1. The molecular weight excluding hydrogens is 515 g/mol. The standard InChI is InChI=1S/C21H22BrCl3N2O3/c1-3-8-26-21(29)13(2)27(11-14-4-6-16(23)10-17(14)24)20(28)12-30-19-7-5-15(22)9-18(19)25/h4-7,9-10,13H,3,8,11-12H2,1-2H3,(H,26,29). The first-order chi connectivity index (χ1) is 14.2. The van der Waals surface area contributed by atoms with E-state index in [1.54, 1.807) is 43.3 Å². The lowest BCUT2D eigenvalue weighted by molar-refractivity contribution is -0.142. The molecule has 2 aromatic rings. The topological polar surface area (TPSA) is 58.6 Å². The molecule has 0 aliphatic carbocycles. The van der Waals surface area contributed by atoms with Crippen molar-refractivity contribution in [2.45, 2.75) is 32.9 Å². The molecule has 0 radical (unpaired) electrons. The molecule has 30 heavy (non-hydrogen) atoms. The van der Waals surface area contributed by atoms with Crippen LogP contribution in [0, 0.1) is 0 Å². The monoisotopic (exact) mass is 534 g/mol. The molecule has 0 heterocycles.